The summed E-state index contributed by atoms with van der Waals surface area (Å²) in [5, 5.41) is 0.640. The molecule has 1 heterocycles. The maximum absolute atomic E-state index is 12.1. The minimum absolute atomic E-state index is 0.249. The van der Waals surface area contributed by atoms with Gasteiger partial charge >= 0.3 is 6.09 Å². The van der Waals surface area contributed by atoms with Crippen molar-refractivity contribution >= 4 is 23.3 Å². The van der Waals surface area contributed by atoms with Gasteiger partial charge in [-0.05, 0) is 32.9 Å². The van der Waals surface area contributed by atoms with Gasteiger partial charge in [0.05, 0.1) is 5.52 Å². The van der Waals surface area contributed by atoms with E-state index in [1.165, 1.54) is 4.57 Å². The molecule has 0 aliphatic rings. The molecule has 98 valence electrons. The van der Waals surface area contributed by atoms with Gasteiger partial charge in [-0.2, -0.15) is 0 Å². The van der Waals surface area contributed by atoms with Crippen LogP contribution in [0.25, 0.3) is 10.9 Å². The van der Waals surface area contributed by atoms with Crippen LogP contribution in [-0.2, 0) is 4.74 Å². The van der Waals surface area contributed by atoms with Crippen LogP contribution in [0.4, 0.5) is 4.79 Å². The molecule has 2 radical (unpaired) electrons. The van der Waals surface area contributed by atoms with Gasteiger partial charge in [0.2, 0.25) is 0 Å². The van der Waals surface area contributed by atoms with Crippen LogP contribution in [0.15, 0.2) is 24.3 Å². The molecule has 0 N–H and O–H groups in total. The molecule has 0 bridgehead atoms. The second-order valence-corrected chi connectivity index (χ2v) is 5.28. The summed E-state index contributed by atoms with van der Waals surface area (Å²) in [5.41, 5.74) is 0.698. The highest BCUT2D eigenvalue weighted by Crippen LogP contribution is 2.23. The Morgan fingerprint density at radius 3 is 2.63 bits per heavy atom. The molecule has 1 aromatic heterocycles. The Labute approximate surface area is 112 Å². The average Bonchev–Trinajstić information content (AvgIpc) is 2.62. The molecule has 0 aliphatic carbocycles. The Balaban J connectivity index is 2.58. The van der Waals surface area contributed by atoms with Crippen LogP contribution in [0.3, 0.4) is 0 Å². The molecule has 0 saturated heterocycles. The molecular weight excluding hydrogens is 242 g/mol. The first kappa shape index (κ1) is 13.3. The number of hydrogen-bond acceptors (Lipinski definition) is 3. The van der Waals surface area contributed by atoms with E-state index >= 15 is 0 Å². The molecule has 4 nitrogen and oxygen atoms in total. The monoisotopic (exact) mass is 257 g/mol. The van der Waals surface area contributed by atoms with Gasteiger partial charge in [-0.3, -0.25) is 4.79 Å². The zero-order valence-corrected chi connectivity index (χ0v) is 11.1. The summed E-state index contributed by atoms with van der Waals surface area (Å²) in [5.74, 6) is 0. The SMILES string of the molecule is [CH]c1cc2c(C=O)cccc2n1C(=O)OC(C)(C)C. The number of rotatable bonds is 1. The van der Waals surface area contributed by atoms with Gasteiger partial charge in [0.1, 0.15) is 5.60 Å². The molecule has 0 atom stereocenters. The van der Waals surface area contributed by atoms with E-state index in [2.05, 4.69) is 0 Å². The summed E-state index contributed by atoms with van der Waals surface area (Å²) in [6, 6.07) is 6.70. The van der Waals surface area contributed by atoms with E-state index in [9.17, 15) is 9.59 Å². The van der Waals surface area contributed by atoms with Crippen LogP contribution in [0.2, 0.25) is 0 Å². The number of aldehydes is 1. The second kappa shape index (κ2) is 4.53. The Morgan fingerprint density at radius 2 is 2.05 bits per heavy atom. The van der Waals surface area contributed by atoms with Crippen LogP contribution in [-0.4, -0.2) is 22.5 Å². The molecule has 1 aromatic carbocycles. The summed E-state index contributed by atoms with van der Waals surface area (Å²) in [4.78, 5) is 23.1. The predicted molar refractivity (Wildman–Crippen MR) is 72.4 cm³/mol. The number of carbonyl (C=O) groups is 2. The lowest BCUT2D eigenvalue weighted by Crippen LogP contribution is -2.27. The highest BCUT2D eigenvalue weighted by Gasteiger charge is 2.21. The van der Waals surface area contributed by atoms with Crippen molar-refractivity contribution in [1.82, 2.24) is 4.57 Å². The van der Waals surface area contributed by atoms with E-state index in [1.807, 2.05) is 0 Å². The summed E-state index contributed by atoms with van der Waals surface area (Å²) in [6.45, 7) is 11.2. The fourth-order valence-corrected chi connectivity index (χ4v) is 1.89. The third-order valence-electron chi connectivity index (χ3n) is 2.61. The van der Waals surface area contributed by atoms with E-state index < -0.39 is 11.7 Å². The minimum atomic E-state index is -0.609. The molecule has 0 unspecified atom stereocenters. The summed E-state index contributed by atoms with van der Waals surface area (Å²) < 4.78 is 6.57. The molecule has 0 spiro atoms. The smallest absolute Gasteiger partial charge is 0.419 e. The Morgan fingerprint density at radius 1 is 1.37 bits per heavy atom. The molecule has 0 saturated carbocycles. The van der Waals surface area contributed by atoms with E-state index in [1.54, 1.807) is 45.0 Å². The Kier molecular flexibility index (Phi) is 3.18. The Bertz CT molecular complexity index is 647. The first-order valence-corrected chi connectivity index (χ1v) is 5.92. The lowest BCUT2D eigenvalue weighted by Gasteiger charge is -2.20. The topological polar surface area (TPSA) is 48.3 Å². The van der Waals surface area contributed by atoms with Gasteiger partial charge < -0.3 is 4.74 Å². The van der Waals surface area contributed by atoms with Crippen LogP contribution >= 0.6 is 0 Å². The number of ether oxygens (including phenoxy) is 1. The molecule has 0 fully saturated rings. The van der Waals surface area contributed by atoms with E-state index in [-0.39, 0.29) is 5.69 Å². The zero-order chi connectivity index (χ0) is 14.2. The molecule has 0 aliphatic heterocycles. The van der Waals surface area contributed by atoms with E-state index in [4.69, 9.17) is 11.7 Å². The third-order valence-corrected chi connectivity index (χ3v) is 2.61. The number of hydrogen-bond donors (Lipinski definition) is 0. The van der Waals surface area contributed by atoms with Crippen LogP contribution in [0, 0.1) is 6.92 Å². The van der Waals surface area contributed by atoms with Crippen molar-refractivity contribution in [2.24, 2.45) is 0 Å². The van der Waals surface area contributed by atoms with Crippen LogP contribution < -0.4 is 0 Å². The van der Waals surface area contributed by atoms with Crippen molar-refractivity contribution in [2.45, 2.75) is 26.4 Å². The van der Waals surface area contributed by atoms with Crippen molar-refractivity contribution in [3.63, 3.8) is 0 Å². The maximum atomic E-state index is 12.1. The molecule has 2 aromatic rings. The quantitative estimate of drug-likeness (QED) is 0.736. The number of fused-ring (bicyclic) bond motifs is 1. The number of nitrogens with zero attached hydrogens (tertiary/aromatic N) is 1. The van der Waals surface area contributed by atoms with Gasteiger partial charge in [0.25, 0.3) is 0 Å². The fourth-order valence-electron chi connectivity index (χ4n) is 1.89. The van der Waals surface area contributed by atoms with Crippen molar-refractivity contribution in [2.75, 3.05) is 0 Å². The lowest BCUT2D eigenvalue weighted by molar-refractivity contribution is 0.0543. The molecule has 19 heavy (non-hydrogen) atoms. The molecule has 4 heteroatoms. The zero-order valence-electron chi connectivity index (χ0n) is 11.1. The second-order valence-electron chi connectivity index (χ2n) is 5.28. The maximum Gasteiger partial charge on any atom is 0.419 e. The van der Waals surface area contributed by atoms with Crippen LogP contribution in [0.5, 0.6) is 0 Å². The largest absolute Gasteiger partial charge is 0.443 e. The van der Waals surface area contributed by atoms with Gasteiger partial charge in [0.15, 0.2) is 6.29 Å². The molecule has 2 rings (SSSR count). The van der Waals surface area contributed by atoms with Crippen molar-refractivity contribution in [3.05, 3.63) is 42.4 Å². The highest BCUT2D eigenvalue weighted by molar-refractivity contribution is 6.01. The number of aromatic nitrogens is 1. The number of benzene rings is 1. The number of carbonyl (C=O) groups excluding carboxylic acids is 2. The fraction of sp³-hybridized carbons (Fsp3) is 0.267. The van der Waals surface area contributed by atoms with Crippen molar-refractivity contribution in [1.29, 1.82) is 0 Å². The first-order chi connectivity index (χ1) is 8.83. The van der Waals surface area contributed by atoms with Gasteiger partial charge in [0, 0.05) is 23.6 Å². The third kappa shape index (κ3) is 2.52. The van der Waals surface area contributed by atoms with E-state index in [0.29, 0.717) is 16.5 Å². The average molecular weight is 257 g/mol. The summed E-state index contributed by atoms with van der Waals surface area (Å²) >= 11 is 0. The summed E-state index contributed by atoms with van der Waals surface area (Å²) in [6.07, 6.45) is 0.185. The minimum Gasteiger partial charge on any atom is -0.443 e. The summed E-state index contributed by atoms with van der Waals surface area (Å²) in [7, 11) is 0. The van der Waals surface area contributed by atoms with Crippen molar-refractivity contribution in [3.8, 4) is 0 Å². The standard InChI is InChI=1S/C15H15NO3/c1-10-8-12-11(9-17)6-5-7-13(12)16(10)14(18)19-15(2,3)4/h1,5-9H,2-4H3. The van der Waals surface area contributed by atoms with E-state index in [0.717, 1.165) is 6.29 Å². The van der Waals surface area contributed by atoms with Crippen molar-refractivity contribution < 1.29 is 14.3 Å². The van der Waals surface area contributed by atoms with Gasteiger partial charge in [-0.1, -0.05) is 12.1 Å². The van der Waals surface area contributed by atoms with Gasteiger partial charge in [-0.15, -0.1) is 0 Å². The Hall–Kier alpha value is -2.10. The first-order valence-electron chi connectivity index (χ1n) is 5.92. The lowest BCUT2D eigenvalue weighted by atomic mass is 10.1. The van der Waals surface area contributed by atoms with Crippen LogP contribution in [0.1, 0.15) is 36.8 Å². The predicted octanol–water partition coefficient (Wildman–Crippen LogP) is 3.30. The van der Waals surface area contributed by atoms with Gasteiger partial charge in [-0.25, -0.2) is 9.36 Å². The molecular formula is C15H15NO3. The normalized spacial score (nSPS) is 11.6. The highest BCUT2D eigenvalue weighted by atomic mass is 16.6. The molecule has 0 amide bonds.